The number of hydrogen-bond donors (Lipinski definition) is 2. The maximum absolute atomic E-state index is 14.2. The highest BCUT2D eigenvalue weighted by Crippen LogP contribution is 2.55. The SMILES string of the molecule is CCN(CC)CCCN1C(=O)[C@@H]2[C@H](C(=O)Nc3ccc(C(C)C)cc3)[C@@H]3C=C[C@@]2(O3)[C@@H]1C(=O)N[C@H]1CCCC[C@H]1C. The van der Waals surface area contributed by atoms with E-state index >= 15 is 0 Å². The highest BCUT2D eigenvalue weighted by molar-refractivity contribution is 6.02. The van der Waals surface area contributed by atoms with Crippen LogP contribution in [0.2, 0.25) is 0 Å². The van der Waals surface area contributed by atoms with Crippen molar-refractivity contribution in [3.05, 3.63) is 42.0 Å². The fraction of sp³-hybridized carbons (Fsp3) is 0.667. The second-order valence-corrected chi connectivity index (χ2v) is 12.8. The Morgan fingerprint density at radius 2 is 1.80 bits per heavy atom. The van der Waals surface area contributed by atoms with Crippen LogP contribution in [0.5, 0.6) is 0 Å². The molecular weight excluding hydrogens is 516 g/mol. The average molecular weight is 565 g/mol. The number of fused-ring (bicyclic) bond motifs is 1. The molecule has 1 saturated carbocycles. The van der Waals surface area contributed by atoms with E-state index in [1.807, 2.05) is 36.4 Å². The third-order valence-electron chi connectivity index (χ3n) is 9.98. The minimum Gasteiger partial charge on any atom is -0.359 e. The normalized spacial score (nSPS) is 32.2. The van der Waals surface area contributed by atoms with Crippen LogP contribution in [0.3, 0.4) is 0 Å². The summed E-state index contributed by atoms with van der Waals surface area (Å²) in [5.74, 6) is -1.16. The minimum absolute atomic E-state index is 0.0924. The predicted octanol–water partition coefficient (Wildman–Crippen LogP) is 4.33. The number of ether oxygens (including phenoxy) is 1. The Balaban J connectivity index is 1.39. The third kappa shape index (κ3) is 5.57. The van der Waals surface area contributed by atoms with Gasteiger partial charge in [-0.2, -0.15) is 0 Å². The number of carbonyl (C=O) groups is 3. The summed E-state index contributed by atoms with van der Waals surface area (Å²) in [7, 11) is 0. The van der Waals surface area contributed by atoms with Crippen LogP contribution in [0.25, 0.3) is 0 Å². The number of benzene rings is 1. The number of carbonyl (C=O) groups excluding carboxylic acids is 3. The molecule has 0 aromatic heterocycles. The molecule has 3 heterocycles. The Morgan fingerprint density at radius 3 is 2.46 bits per heavy atom. The van der Waals surface area contributed by atoms with E-state index in [9.17, 15) is 14.4 Å². The van der Waals surface area contributed by atoms with Crippen molar-refractivity contribution in [2.75, 3.05) is 31.5 Å². The first-order valence-electron chi connectivity index (χ1n) is 15.8. The van der Waals surface area contributed by atoms with Crippen molar-refractivity contribution in [1.82, 2.24) is 15.1 Å². The number of likely N-dealkylation sites (tertiary alicyclic amines) is 1. The molecule has 3 amide bonds. The van der Waals surface area contributed by atoms with E-state index in [1.165, 1.54) is 12.0 Å². The van der Waals surface area contributed by atoms with Crippen LogP contribution < -0.4 is 10.6 Å². The molecule has 3 aliphatic heterocycles. The molecule has 1 aromatic rings. The lowest BCUT2D eigenvalue weighted by atomic mass is 9.74. The van der Waals surface area contributed by atoms with E-state index in [-0.39, 0.29) is 23.8 Å². The van der Waals surface area contributed by atoms with Gasteiger partial charge in [-0.3, -0.25) is 14.4 Å². The van der Waals surface area contributed by atoms with E-state index in [1.54, 1.807) is 4.90 Å². The minimum atomic E-state index is -1.12. The van der Waals surface area contributed by atoms with Crippen molar-refractivity contribution in [2.45, 2.75) is 96.4 Å². The first kappa shape index (κ1) is 29.8. The molecule has 224 valence electrons. The summed E-state index contributed by atoms with van der Waals surface area (Å²) in [6.07, 6.45) is 8.34. The molecule has 0 radical (unpaired) electrons. The standard InChI is InChI=1S/C33H48N4O4/c1-6-36(7-2)19-10-20-37-29(31(39)35-25-12-9-8-11-22(25)5)33-18-17-26(41-33)27(28(33)32(37)40)30(38)34-24-15-13-23(14-16-24)21(3)4/h13-18,21-22,25-29H,6-12,19-20H2,1-5H3,(H,34,38)(H,35,39)/t22-,25+,26+,27-,28+,29+,33+/m1/s1. The highest BCUT2D eigenvalue weighted by Gasteiger charge is 2.72. The Kier molecular flexibility index (Phi) is 8.90. The number of anilines is 1. The zero-order valence-electron chi connectivity index (χ0n) is 25.4. The van der Waals surface area contributed by atoms with Crippen molar-refractivity contribution in [3.63, 3.8) is 0 Å². The number of nitrogens with one attached hydrogen (secondary N) is 2. The lowest BCUT2D eigenvalue weighted by Crippen LogP contribution is -2.57. The van der Waals surface area contributed by atoms with E-state index < -0.39 is 29.6 Å². The molecular formula is C33H48N4O4. The Bertz CT molecular complexity index is 1150. The second-order valence-electron chi connectivity index (χ2n) is 12.8. The van der Waals surface area contributed by atoms with Gasteiger partial charge in [0.2, 0.25) is 17.7 Å². The molecule has 41 heavy (non-hydrogen) atoms. The highest BCUT2D eigenvalue weighted by atomic mass is 16.5. The number of nitrogens with zero attached hydrogens (tertiary/aromatic N) is 2. The molecule has 3 fully saturated rings. The second kappa shape index (κ2) is 12.3. The first-order valence-corrected chi connectivity index (χ1v) is 15.8. The van der Waals surface area contributed by atoms with E-state index in [4.69, 9.17) is 4.74 Å². The third-order valence-corrected chi connectivity index (χ3v) is 9.98. The van der Waals surface area contributed by atoms with Gasteiger partial charge in [0.1, 0.15) is 11.6 Å². The molecule has 8 heteroatoms. The summed E-state index contributed by atoms with van der Waals surface area (Å²) in [5, 5.41) is 6.35. The van der Waals surface area contributed by atoms with Crippen LogP contribution in [0, 0.1) is 17.8 Å². The average Bonchev–Trinajstić information content (AvgIpc) is 3.60. The van der Waals surface area contributed by atoms with Gasteiger partial charge in [0, 0.05) is 18.3 Å². The Morgan fingerprint density at radius 1 is 1.10 bits per heavy atom. The van der Waals surface area contributed by atoms with Gasteiger partial charge in [-0.1, -0.05) is 71.7 Å². The largest absolute Gasteiger partial charge is 0.359 e. The van der Waals surface area contributed by atoms with Crippen LogP contribution in [-0.4, -0.2) is 77.5 Å². The van der Waals surface area contributed by atoms with Crippen LogP contribution in [0.15, 0.2) is 36.4 Å². The molecule has 1 spiro atoms. The molecule has 7 atom stereocenters. The number of rotatable bonds is 11. The summed E-state index contributed by atoms with van der Waals surface area (Å²) in [4.78, 5) is 46.0. The summed E-state index contributed by atoms with van der Waals surface area (Å²) in [5.41, 5.74) is 0.769. The Hall–Kier alpha value is -2.71. The first-order chi connectivity index (χ1) is 19.7. The molecule has 4 aliphatic rings. The topological polar surface area (TPSA) is 91.0 Å². The van der Waals surface area contributed by atoms with Gasteiger partial charge in [0.25, 0.3) is 0 Å². The van der Waals surface area contributed by atoms with E-state index in [0.717, 1.165) is 45.3 Å². The molecule has 2 bridgehead atoms. The molecule has 1 aliphatic carbocycles. The van der Waals surface area contributed by atoms with E-state index in [0.29, 0.717) is 24.1 Å². The van der Waals surface area contributed by atoms with Gasteiger partial charge in [-0.15, -0.1) is 0 Å². The lowest BCUT2D eigenvalue weighted by molar-refractivity contribution is -0.141. The summed E-state index contributed by atoms with van der Waals surface area (Å²) in [6.45, 7) is 13.9. The summed E-state index contributed by atoms with van der Waals surface area (Å²) in [6, 6.07) is 7.16. The van der Waals surface area contributed by atoms with Crippen molar-refractivity contribution in [3.8, 4) is 0 Å². The Labute approximate surface area is 245 Å². The van der Waals surface area contributed by atoms with Crippen LogP contribution in [0.1, 0.15) is 78.2 Å². The van der Waals surface area contributed by atoms with Crippen molar-refractivity contribution in [2.24, 2.45) is 17.8 Å². The summed E-state index contributed by atoms with van der Waals surface area (Å²) >= 11 is 0. The number of amides is 3. The van der Waals surface area contributed by atoms with Gasteiger partial charge in [0.15, 0.2) is 0 Å². The number of hydrogen-bond acceptors (Lipinski definition) is 5. The predicted molar refractivity (Wildman–Crippen MR) is 160 cm³/mol. The van der Waals surface area contributed by atoms with Gasteiger partial charge in [-0.05, 0) is 68.4 Å². The molecule has 5 rings (SSSR count). The zero-order chi connectivity index (χ0) is 29.3. The zero-order valence-corrected chi connectivity index (χ0v) is 25.4. The van der Waals surface area contributed by atoms with Gasteiger partial charge in [-0.25, -0.2) is 0 Å². The monoisotopic (exact) mass is 564 g/mol. The molecule has 2 N–H and O–H groups in total. The fourth-order valence-electron chi connectivity index (χ4n) is 7.48. The van der Waals surface area contributed by atoms with Crippen molar-refractivity contribution < 1.29 is 19.1 Å². The molecule has 0 unspecified atom stereocenters. The van der Waals surface area contributed by atoms with E-state index in [2.05, 4.69) is 50.2 Å². The van der Waals surface area contributed by atoms with Crippen molar-refractivity contribution >= 4 is 23.4 Å². The van der Waals surface area contributed by atoms with Crippen LogP contribution >= 0.6 is 0 Å². The van der Waals surface area contributed by atoms with Gasteiger partial charge < -0.3 is 25.2 Å². The van der Waals surface area contributed by atoms with Gasteiger partial charge >= 0.3 is 0 Å². The molecule has 2 saturated heterocycles. The maximum atomic E-state index is 14.2. The van der Waals surface area contributed by atoms with Crippen LogP contribution in [0.4, 0.5) is 5.69 Å². The molecule has 1 aromatic carbocycles. The fourth-order valence-corrected chi connectivity index (χ4v) is 7.48. The maximum Gasteiger partial charge on any atom is 0.246 e. The van der Waals surface area contributed by atoms with Crippen molar-refractivity contribution in [1.29, 1.82) is 0 Å². The van der Waals surface area contributed by atoms with Gasteiger partial charge in [0.05, 0.1) is 17.9 Å². The smallest absolute Gasteiger partial charge is 0.246 e. The molecule has 8 nitrogen and oxygen atoms in total. The lowest BCUT2D eigenvalue weighted by Gasteiger charge is -2.36. The van der Waals surface area contributed by atoms with Crippen LogP contribution in [-0.2, 0) is 19.1 Å². The summed E-state index contributed by atoms with van der Waals surface area (Å²) < 4.78 is 6.52. The quantitative estimate of drug-likeness (QED) is 0.391.